The predicted octanol–water partition coefficient (Wildman–Crippen LogP) is 4.19. The zero-order valence-electron chi connectivity index (χ0n) is 6.50. The summed E-state index contributed by atoms with van der Waals surface area (Å²) >= 11 is 15.1. The summed E-state index contributed by atoms with van der Waals surface area (Å²) in [5.74, 6) is 0. The van der Waals surface area contributed by atoms with Crippen molar-refractivity contribution in [3.8, 4) is 0 Å². The summed E-state index contributed by atoms with van der Waals surface area (Å²) in [6, 6.07) is 3.76. The van der Waals surface area contributed by atoms with Crippen molar-refractivity contribution in [2.24, 2.45) is 0 Å². The maximum Gasteiger partial charge on any atom is 0.0835 e. The largest absolute Gasteiger partial charge is 0.384 e. The highest BCUT2D eigenvalue weighted by molar-refractivity contribution is 9.10. The van der Waals surface area contributed by atoms with Gasteiger partial charge in [0, 0.05) is 11.0 Å². The maximum atomic E-state index is 5.95. The van der Waals surface area contributed by atoms with Crippen LogP contribution in [0.3, 0.4) is 0 Å². The molecule has 0 heterocycles. The molecule has 1 N–H and O–H groups in total. The average Bonchev–Trinajstić information content (AvgIpc) is 2.07. The zero-order valence-corrected chi connectivity index (χ0v) is 9.59. The van der Waals surface area contributed by atoms with Gasteiger partial charge >= 0.3 is 0 Å². The van der Waals surface area contributed by atoms with Gasteiger partial charge in [-0.3, -0.25) is 0 Å². The monoisotopic (exact) mass is 267 g/mol. The van der Waals surface area contributed by atoms with E-state index in [0.29, 0.717) is 10.0 Å². The summed E-state index contributed by atoms with van der Waals surface area (Å²) in [5.41, 5.74) is 0.868. The molecule has 12 heavy (non-hydrogen) atoms. The summed E-state index contributed by atoms with van der Waals surface area (Å²) in [6.45, 7) is 2.84. The smallest absolute Gasteiger partial charge is 0.0835 e. The molecule has 0 spiro atoms. The van der Waals surface area contributed by atoms with E-state index < -0.39 is 0 Å². The Hall–Kier alpha value is 0.0800. The molecule has 0 amide bonds. The van der Waals surface area contributed by atoms with E-state index in [2.05, 4.69) is 21.2 Å². The van der Waals surface area contributed by atoms with E-state index in [1.807, 2.05) is 19.1 Å². The van der Waals surface area contributed by atoms with Crippen LogP contribution in [0.4, 0.5) is 5.69 Å². The molecule has 66 valence electrons. The van der Waals surface area contributed by atoms with Crippen molar-refractivity contribution >= 4 is 44.8 Å². The van der Waals surface area contributed by atoms with Crippen molar-refractivity contribution in [2.75, 3.05) is 11.9 Å². The minimum atomic E-state index is 0.551. The van der Waals surface area contributed by atoms with Crippen molar-refractivity contribution in [3.05, 3.63) is 26.7 Å². The standard InChI is InChI=1S/C8H8BrCl2N/c1-2-12-6-4-3-5(9)7(10)8(6)11/h3-4,12H,2H2,1H3. The van der Waals surface area contributed by atoms with Crippen LogP contribution in [0.1, 0.15) is 6.92 Å². The fourth-order valence-corrected chi connectivity index (χ4v) is 1.69. The molecule has 0 aromatic heterocycles. The molecule has 0 atom stereocenters. The zero-order chi connectivity index (χ0) is 9.14. The lowest BCUT2D eigenvalue weighted by Crippen LogP contribution is -1.97. The lowest BCUT2D eigenvalue weighted by Gasteiger charge is -2.07. The molecule has 1 rings (SSSR count). The Morgan fingerprint density at radius 2 is 2.00 bits per heavy atom. The van der Waals surface area contributed by atoms with E-state index in [9.17, 15) is 0 Å². The molecule has 0 radical (unpaired) electrons. The summed E-state index contributed by atoms with van der Waals surface area (Å²) in [6.07, 6.45) is 0. The van der Waals surface area contributed by atoms with Gasteiger partial charge in [-0.25, -0.2) is 0 Å². The molecule has 0 fully saturated rings. The normalized spacial score (nSPS) is 10.0. The van der Waals surface area contributed by atoms with Gasteiger partial charge in [-0.2, -0.15) is 0 Å². The summed E-state index contributed by atoms with van der Waals surface area (Å²) in [7, 11) is 0. The Labute approximate surface area is 90.2 Å². The van der Waals surface area contributed by atoms with Gasteiger partial charge in [-0.15, -0.1) is 0 Å². The predicted molar refractivity (Wildman–Crippen MR) is 58.3 cm³/mol. The van der Waals surface area contributed by atoms with Crippen molar-refractivity contribution in [1.29, 1.82) is 0 Å². The highest BCUT2D eigenvalue weighted by Gasteiger charge is 2.06. The van der Waals surface area contributed by atoms with Crippen molar-refractivity contribution in [3.63, 3.8) is 0 Å². The van der Waals surface area contributed by atoms with Crippen LogP contribution in [0.25, 0.3) is 0 Å². The molecule has 0 aliphatic carbocycles. The number of nitrogens with one attached hydrogen (secondary N) is 1. The first kappa shape index (κ1) is 10.2. The molecular formula is C8H8BrCl2N. The van der Waals surface area contributed by atoms with E-state index >= 15 is 0 Å². The number of hydrogen-bond acceptors (Lipinski definition) is 1. The van der Waals surface area contributed by atoms with Gasteiger partial charge in [-0.1, -0.05) is 23.2 Å². The topological polar surface area (TPSA) is 12.0 Å². The summed E-state index contributed by atoms with van der Waals surface area (Å²) < 4.78 is 0.816. The third-order valence-corrected chi connectivity index (χ3v) is 3.17. The van der Waals surface area contributed by atoms with Crippen LogP contribution in [-0.4, -0.2) is 6.54 Å². The number of benzene rings is 1. The number of anilines is 1. The average molecular weight is 269 g/mol. The van der Waals surface area contributed by atoms with Gasteiger partial charge in [0.25, 0.3) is 0 Å². The highest BCUT2D eigenvalue weighted by atomic mass is 79.9. The van der Waals surface area contributed by atoms with E-state index in [1.165, 1.54) is 0 Å². The Kier molecular flexibility index (Phi) is 3.69. The van der Waals surface area contributed by atoms with Gasteiger partial charge in [0.2, 0.25) is 0 Å². The van der Waals surface area contributed by atoms with Crippen molar-refractivity contribution in [1.82, 2.24) is 0 Å². The fraction of sp³-hybridized carbons (Fsp3) is 0.250. The molecule has 0 aliphatic heterocycles. The Bertz CT molecular complexity index is 289. The van der Waals surface area contributed by atoms with Crippen LogP contribution in [0.2, 0.25) is 10.0 Å². The maximum absolute atomic E-state index is 5.95. The van der Waals surface area contributed by atoms with Gasteiger partial charge in [0.1, 0.15) is 0 Å². The first-order valence-corrected chi connectivity index (χ1v) is 5.09. The lowest BCUT2D eigenvalue weighted by atomic mass is 10.3. The van der Waals surface area contributed by atoms with Crippen LogP contribution in [0, 0.1) is 0 Å². The van der Waals surface area contributed by atoms with E-state index in [0.717, 1.165) is 16.7 Å². The molecule has 4 heteroatoms. The van der Waals surface area contributed by atoms with Crippen LogP contribution in [0.15, 0.2) is 16.6 Å². The SMILES string of the molecule is CCNc1ccc(Br)c(Cl)c1Cl. The molecule has 1 aromatic rings. The highest BCUT2D eigenvalue weighted by Crippen LogP contribution is 2.35. The molecule has 0 saturated carbocycles. The Morgan fingerprint density at radius 1 is 1.33 bits per heavy atom. The summed E-state index contributed by atoms with van der Waals surface area (Å²) in [4.78, 5) is 0. The van der Waals surface area contributed by atoms with Crippen LogP contribution in [-0.2, 0) is 0 Å². The van der Waals surface area contributed by atoms with Gasteiger partial charge in [-0.05, 0) is 35.0 Å². The Morgan fingerprint density at radius 3 is 2.58 bits per heavy atom. The van der Waals surface area contributed by atoms with Crippen molar-refractivity contribution in [2.45, 2.75) is 6.92 Å². The van der Waals surface area contributed by atoms with Crippen LogP contribution in [0.5, 0.6) is 0 Å². The van der Waals surface area contributed by atoms with Gasteiger partial charge < -0.3 is 5.32 Å². The second-order valence-corrected chi connectivity index (χ2v) is 3.86. The first-order chi connectivity index (χ1) is 5.66. The van der Waals surface area contributed by atoms with E-state index in [1.54, 1.807) is 0 Å². The number of rotatable bonds is 2. The summed E-state index contributed by atoms with van der Waals surface area (Å²) in [5, 5.41) is 4.22. The molecule has 1 nitrogen and oxygen atoms in total. The van der Waals surface area contributed by atoms with E-state index in [4.69, 9.17) is 23.2 Å². The van der Waals surface area contributed by atoms with Crippen LogP contribution >= 0.6 is 39.1 Å². The van der Waals surface area contributed by atoms with Crippen LogP contribution < -0.4 is 5.32 Å². The first-order valence-electron chi connectivity index (χ1n) is 3.54. The van der Waals surface area contributed by atoms with Gasteiger partial charge in [0.15, 0.2) is 0 Å². The minimum absolute atomic E-state index is 0.551. The molecule has 0 aliphatic rings. The molecule has 0 saturated heterocycles. The number of halogens is 3. The fourth-order valence-electron chi connectivity index (χ4n) is 0.853. The minimum Gasteiger partial charge on any atom is -0.384 e. The lowest BCUT2D eigenvalue weighted by molar-refractivity contribution is 1.21. The number of hydrogen-bond donors (Lipinski definition) is 1. The van der Waals surface area contributed by atoms with E-state index in [-0.39, 0.29) is 0 Å². The molecular weight excluding hydrogens is 261 g/mol. The Balaban J connectivity index is 3.08. The second-order valence-electron chi connectivity index (χ2n) is 2.25. The third-order valence-electron chi connectivity index (χ3n) is 1.40. The third kappa shape index (κ3) is 2.06. The quantitative estimate of drug-likeness (QED) is 0.794. The molecule has 0 bridgehead atoms. The second kappa shape index (κ2) is 4.35. The van der Waals surface area contributed by atoms with Crippen molar-refractivity contribution < 1.29 is 0 Å². The van der Waals surface area contributed by atoms with Gasteiger partial charge in [0.05, 0.1) is 15.7 Å². The molecule has 1 aromatic carbocycles. The molecule has 0 unspecified atom stereocenters.